The average Bonchev–Trinajstić information content (AvgIpc) is 2.98. The van der Waals surface area contributed by atoms with Gasteiger partial charge in [-0.3, -0.25) is 0 Å². The van der Waals surface area contributed by atoms with Gasteiger partial charge in [0.25, 0.3) is 11.4 Å². The summed E-state index contributed by atoms with van der Waals surface area (Å²) in [6.45, 7) is 0. The number of rotatable bonds is 1. The van der Waals surface area contributed by atoms with Gasteiger partial charge in [-0.1, -0.05) is 24.3 Å². The van der Waals surface area contributed by atoms with E-state index in [1.54, 1.807) is 18.2 Å². The summed E-state index contributed by atoms with van der Waals surface area (Å²) in [5.41, 5.74) is 3.54. The van der Waals surface area contributed by atoms with Crippen LogP contribution < -0.4 is 9.47 Å². The van der Waals surface area contributed by atoms with Crippen molar-refractivity contribution in [3.8, 4) is 11.5 Å². The SMILES string of the molecule is O=C(O)c1ccc2c(c1)[N+]1=Cc3ccccc3OC13Oc1ccccc1C=[N+]23. The molecular formula is C22H14N2O4+2. The zero-order valence-corrected chi connectivity index (χ0v) is 14.6. The number of para-hydroxylation sites is 2. The van der Waals surface area contributed by atoms with Crippen molar-refractivity contribution in [3.63, 3.8) is 0 Å². The van der Waals surface area contributed by atoms with Crippen molar-refractivity contribution >= 4 is 29.8 Å². The number of hydrogen-bond donors (Lipinski definition) is 1. The molecule has 1 N–H and O–H groups in total. The van der Waals surface area contributed by atoms with E-state index >= 15 is 0 Å². The highest BCUT2D eigenvalue weighted by Crippen LogP contribution is 2.48. The van der Waals surface area contributed by atoms with Crippen LogP contribution in [0.15, 0.2) is 66.7 Å². The van der Waals surface area contributed by atoms with Crippen LogP contribution in [0.1, 0.15) is 21.5 Å². The van der Waals surface area contributed by atoms with Crippen LogP contribution in [-0.2, 0) is 0 Å². The lowest BCUT2D eigenvalue weighted by molar-refractivity contribution is -0.831. The molecule has 0 bridgehead atoms. The van der Waals surface area contributed by atoms with Crippen LogP contribution in [0.5, 0.6) is 11.5 Å². The van der Waals surface area contributed by atoms with Crippen LogP contribution in [0.3, 0.4) is 0 Å². The van der Waals surface area contributed by atoms with E-state index in [4.69, 9.17) is 9.47 Å². The molecule has 0 radical (unpaired) electrons. The summed E-state index contributed by atoms with van der Waals surface area (Å²) < 4.78 is 16.6. The van der Waals surface area contributed by atoms with E-state index in [9.17, 15) is 9.90 Å². The number of carboxylic acid groups (broad SMARTS) is 1. The van der Waals surface area contributed by atoms with Crippen LogP contribution in [0.2, 0.25) is 0 Å². The first-order valence-electron chi connectivity index (χ1n) is 8.88. The topological polar surface area (TPSA) is 61.8 Å². The highest BCUT2D eigenvalue weighted by molar-refractivity contribution is 5.91. The second kappa shape index (κ2) is 5.07. The Labute approximate surface area is 159 Å². The van der Waals surface area contributed by atoms with Crippen LogP contribution in [0.25, 0.3) is 0 Å². The van der Waals surface area contributed by atoms with E-state index in [0.29, 0.717) is 17.2 Å². The second-order valence-electron chi connectivity index (χ2n) is 6.84. The van der Waals surface area contributed by atoms with Crippen molar-refractivity contribution in [3.05, 3.63) is 83.4 Å². The van der Waals surface area contributed by atoms with Crippen molar-refractivity contribution in [1.29, 1.82) is 0 Å². The van der Waals surface area contributed by atoms with Crippen molar-refractivity contribution < 1.29 is 28.5 Å². The maximum atomic E-state index is 11.5. The third kappa shape index (κ3) is 1.84. The first kappa shape index (κ1) is 15.2. The molecule has 0 fully saturated rings. The lowest BCUT2D eigenvalue weighted by Crippen LogP contribution is -2.58. The molecule has 3 aliphatic rings. The first-order valence-corrected chi connectivity index (χ1v) is 8.88. The molecule has 0 amide bonds. The van der Waals surface area contributed by atoms with Gasteiger partial charge in [0.2, 0.25) is 0 Å². The van der Waals surface area contributed by atoms with E-state index in [0.717, 1.165) is 16.8 Å². The van der Waals surface area contributed by atoms with Crippen LogP contribution >= 0.6 is 0 Å². The van der Waals surface area contributed by atoms with Crippen LogP contribution in [-0.4, -0.2) is 38.7 Å². The molecule has 3 heterocycles. The maximum absolute atomic E-state index is 11.5. The van der Waals surface area contributed by atoms with Gasteiger partial charge >= 0.3 is 12.0 Å². The Hall–Kier alpha value is -3.93. The molecule has 3 aromatic rings. The lowest BCUT2D eigenvalue weighted by Gasteiger charge is -2.26. The van der Waals surface area contributed by atoms with Crippen molar-refractivity contribution in [2.45, 2.75) is 6.03 Å². The largest absolute Gasteiger partial charge is 0.715 e. The molecule has 134 valence electrons. The first-order chi connectivity index (χ1) is 13.7. The summed E-state index contributed by atoms with van der Waals surface area (Å²) in [5.74, 6) is 0.416. The smallest absolute Gasteiger partial charge is 0.478 e. The van der Waals surface area contributed by atoms with Crippen molar-refractivity contribution in [2.75, 3.05) is 0 Å². The zero-order chi connectivity index (χ0) is 18.9. The molecule has 1 unspecified atom stereocenters. The number of benzene rings is 3. The molecule has 6 heteroatoms. The maximum Gasteiger partial charge on any atom is 0.715 e. The predicted octanol–water partition coefficient (Wildman–Crippen LogP) is 3.32. The summed E-state index contributed by atoms with van der Waals surface area (Å²) in [4.78, 5) is 11.5. The average molecular weight is 370 g/mol. The monoisotopic (exact) mass is 370 g/mol. The highest BCUT2D eigenvalue weighted by atomic mass is 16.7. The van der Waals surface area contributed by atoms with Crippen molar-refractivity contribution in [1.82, 2.24) is 0 Å². The Balaban J connectivity index is 1.68. The van der Waals surface area contributed by atoms with Gasteiger partial charge in [0, 0.05) is 12.1 Å². The number of nitrogens with zero attached hydrogens (tertiary/aromatic N) is 2. The molecule has 3 aliphatic heterocycles. The zero-order valence-electron chi connectivity index (χ0n) is 14.6. The van der Waals surface area contributed by atoms with Gasteiger partial charge in [0.05, 0.1) is 16.7 Å². The number of fused-ring (bicyclic) bond motifs is 5. The minimum atomic E-state index is -1.28. The highest BCUT2D eigenvalue weighted by Gasteiger charge is 2.72. The molecule has 3 aromatic carbocycles. The van der Waals surface area contributed by atoms with E-state index < -0.39 is 12.0 Å². The molecule has 1 spiro atoms. The van der Waals surface area contributed by atoms with Gasteiger partial charge < -0.3 is 14.6 Å². The summed E-state index contributed by atoms with van der Waals surface area (Å²) in [6, 6.07) is 19.2. The summed E-state index contributed by atoms with van der Waals surface area (Å²) in [6.07, 6.45) is 3.91. The second-order valence-corrected chi connectivity index (χ2v) is 6.84. The van der Waals surface area contributed by atoms with Crippen LogP contribution in [0, 0.1) is 0 Å². The molecule has 1 atom stereocenters. The van der Waals surface area contributed by atoms with Crippen molar-refractivity contribution in [2.24, 2.45) is 0 Å². The van der Waals surface area contributed by atoms with Gasteiger partial charge in [0.1, 0.15) is 0 Å². The molecule has 6 nitrogen and oxygen atoms in total. The van der Waals surface area contributed by atoms with Gasteiger partial charge in [-0.15, -0.1) is 0 Å². The summed E-state index contributed by atoms with van der Waals surface area (Å²) in [7, 11) is 0. The van der Waals surface area contributed by atoms with Gasteiger partial charge in [0.15, 0.2) is 23.9 Å². The quantitative estimate of drug-likeness (QED) is 0.668. The Morgan fingerprint density at radius 3 is 1.96 bits per heavy atom. The number of hydrogen-bond acceptors (Lipinski definition) is 3. The standard InChI is InChI=1S/C22H13N2O4/c25-21(26)14-9-10-17-18(11-14)24-13-16-6-2-4-8-20(16)28-22(24)23(17)12-15-5-1-3-7-19(15)27-22/h1-13H/q+1/p+1. The Bertz CT molecular complexity index is 1260. The molecule has 0 aromatic heterocycles. The third-order valence-corrected chi connectivity index (χ3v) is 5.21. The van der Waals surface area contributed by atoms with Crippen LogP contribution in [0.4, 0.5) is 11.4 Å². The number of ether oxygens (including phenoxy) is 2. The number of carbonyl (C=O) groups is 1. The summed E-state index contributed by atoms with van der Waals surface area (Å²) >= 11 is 0. The molecular weight excluding hydrogens is 356 g/mol. The van der Waals surface area contributed by atoms with E-state index in [-0.39, 0.29) is 5.56 Å². The number of aromatic carboxylic acids is 1. The minimum Gasteiger partial charge on any atom is -0.478 e. The summed E-state index contributed by atoms with van der Waals surface area (Å²) in [5, 5.41) is 9.46. The lowest BCUT2D eigenvalue weighted by atomic mass is 10.1. The third-order valence-electron chi connectivity index (χ3n) is 5.21. The van der Waals surface area contributed by atoms with E-state index in [1.807, 2.05) is 70.1 Å². The fourth-order valence-electron chi connectivity index (χ4n) is 3.92. The predicted molar refractivity (Wildman–Crippen MR) is 100 cm³/mol. The molecule has 28 heavy (non-hydrogen) atoms. The fourth-order valence-corrected chi connectivity index (χ4v) is 3.92. The van der Waals surface area contributed by atoms with Gasteiger partial charge in [-0.25, -0.2) is 4.79 Å². The van der Waals surface area contributed by atoms with E-state index in [1.165, 1.54) is 0 Å². The minimum absolute atomic E-state index is 0.207. The van der Waals surface area contributed by atoms with E-state index in [2.05, 4.69) is 0 Å². The molecule has 0 aliphatic carbocycles. The molecule has 6 rings (SSSR count). The normalized spacial score (nSPS) is 20.1. The Kier molecular flexibility index (Phi) is 2.75. The number of carboxylic acids is 1. The van der Waals surface area contributed by atoms with Gasteiger partial charge in [-0.2, -0.15) is 0 Å². The molecule has 0 saturated heterocycles. The fraction of sp³-hybridized carbons (Fsp3) is 0.0455. The molecule has 0 saturated carbocycles. The van der Waals surface area contributed by atoms with Gasteiger partial charge in [-0.05, 0) is 39.5 Å². The Morgan fingerprint density at radius 2 is 1.36 bits per heavy atom. The Morgan fingerprint density at radius 1 is 0.786 bits per heavy atom.